The number of halogens is 1. The van der Waals surface area contributed by atoms with Crippen LogP contribution < -0.4 is 10.6 Å². The summed E-state index contributed by atoms with van der Waals surface area (Å²) in [6.07, 6.45) is 0. The largest absolute Gasteiger partial charge is 0.324 e. The molecule has 2 amide bonds. The minimum atomic E-state index is -0.330. The zero-order valence-electron chi connectivity index (χ0n) is 15.1. The number of rotatable bonds is 2. The molecule has 0 fully saturated rings. The fourth-order valence-electron chi connectivity index (χ4n) is 2.19. The van der Waals surface area contributed by atoms with Gasteiger partial charge in [0.15, 0.2) is 0 Å². The average Bonchev–Trinajstić information content (AvgIpc) is 2.82. The van der Waals surface area contributed by atoms with E-state index in [2.05, 4.69) is 36.5 Å². The Labute approximate surface area is 148 Å². The first-order valence-electron chi connectivity index (χ1n) is 7.91. The van der Waals surface area contributed by atoms with Crippen LogP contribution in [-0.4, -0.2) is 15.8 Å². The third-order valence-corrected chi connectivity index (χ3v) is 3.67. The van der Waals surface area contributed by atoms with Crippen LogP contribution in [0, 0.1) is 0 Å². The quantitative estimate of drug-likeness (QED) is 0.780. The van der Waals surface area contributed by atoms with Crippen molar-refractivity contribution in [1.82, 2.24) is 9.78 Å². The van der Waals surface area contributed by atoms with Gasteiger partial charge in [0.05, 0.1) is 11.2 Å². The van der Waals surface area contributed by atoms with E-state index in [-0.39, 0.29) is 17.0 Å². The van der Waals surface area contributed by atoms with Gasteiger partial charge in [-0.05, 0) is 39.0 Å². The fraction of sp³-hybridized carbons (Fsp3) is 0.444. The van der Waals surface area contributed by atoms with Gasteiger partial charge < -0.3 is 5.32 Å². The van der Waals surface area contributed by atoms with Crippen molar-refractivity contribution in [2.75, 3.05) is 10.6 Å². The number of hydrogen-bond acceptors (Lipinski definition) is 2. The van der Waals surface area contributed by atoms with E-state index >= 15 is 0 Å². The number of urea groups is 1. The highest BCUT2D eigenvalue weighted by Crippen LogP contribution is 2.28. The van der Waals surface area contributed by atoms with Gasteiger partial charge in [-0.25, -0.2) is 9.48 Å². The van der Waals surface area contributed by atoms with Crippen molar-refractivity contribution in [3.63, 3.8) is 0 Å². The van der Waals surface area contributed by atoms with Crippen molar-refractivity contribution in [2.45, 2.75) is 52.5 Å². The van der Waals surface area contributed by atoms with E-state index in [9.17, 15) is 4.79 Å². The number of nitrogens with zero attached hydrogens (tertiary/aromatic N) is 2. The van der Waals surface area contributed by atoms with Gasteiger partial charge >= 0.3 is 6.03 Å². The Morgan fingerprint density at radius 3 is 2.29 bits per heavy atom. The topological polar surface area (TPSA) is 59.0 Å². The zero-order valence-corrected chi connectivity index (χ0v) is 15.8. The van der Waals surface area contributed by atoms with Gasteiger partial charge in [0.1, 0.15) is 5.82 Å². The van der Waals surface area contributed by atoms with Crippen LogP contribution in [0.2, 0.25) is 5.02 Å². The molecular formula is C18H25ClN4O. The van der Waals surface area contributed by atoms with Gasteiger partial charge in [0, 0.05) is 22.2 Å². The SMILES string of the molecule is CC(C)(C)c1cc(NC(=O)Nc2cccc(Cl)c2)n(C(C)(C)C)n1. The summed E-state index contributed by atoms with van der Waals surface area (Å²) in [5.41, 5.74) is 1.21. The highest BCUT2D eigenvalue weighted by Gasteiger charge is 2.25. The first-order chi connectivity index (χ1) is 11.0. The Morgan fingerprint density at radius 2 is 1.75 bits per heavy atom. The lowest BCUT2D eigenvalue weighted by molar-refractivity contribution is 0.261. The maximum absolute atomic E-state index is 12.3. The predicted molar refractivity (Wildman–Crippen MR) is 100 cm³/mol. The third kappa shape index (κ3) is 4.51. The molecule has 0 atom stereocenters. The molecule has 2 N–H and O–H groups in total. The van der Waals surface area contributed by atoms with Gasteiger partial charge in [-0.3, -0.25) is 5.32 Å². The number of benzene rings is 1. The lowest BCUT2D eigenvalue weighted by Crippen LogP contribution is -2.28. The predicted octanol–water partition coefficient (Wildman–Crippen LogP) is 5.23. The van der Waals surface area contributed by atoms with Crippen LogP contribution in [0.25, 0.3) is 0 Å². The summed E-state index contributed by atoms with van der Waals surface area (Å²) in [5, 5.41) is 10.9. The van der Waals surface area contributed by atoms with E-state index in [1.807, 2.05) is 31.5 Å². The maximum atomic E-state index is 12.3. The number of nitrogens with one attached hydrogen (secondary N) is 2. The summed E-state index contributed by atoms with van der Waals surface area (Å²) in [6, 6.07) is 8.62. The molecule has 0 saturated heterocycles. The smallest absolute Gasteiger partial charge is 0.308 e. The van der Waals surface area contributed by atoms with Gasteiger partial charge in [-0.1, -0.05) is 38.4 Å². The van der Waals surface area contributed by atoms with E-state index < -0.39 is 0 Å². The molecule has 1 heterocycles. The summed E-state index contributed by atoms with van der Waals surface area (Å²) in [7, 11) is 0. The zero-order chi connectivity index (χ0) is 18.1. The number of amides is 2. The van der Waals surface area contributed by atoms with Crippen LogP contribution in [-0.2, 0) is 11.0 Å². The molecule has 0 spiro atoms. The molecule has 0 aliphatic rings. The minimum Gasteiger partial charge on any atom is -0.308 e. The lowest BCUT2D eigenvalue weighted by atomic mass is 9.92. The standard InChI is InChI=1S/C18H25ClN4O/c1-17(2,3)14-11-15(23(22-14)18(4,5)6)21-16(24)20-13-9-7-8-12(19)10-13/h7-11H,1-6H3,(H2,20,21,24). The van der Waals surface area contributed by atoms with Crippen molar-refractivity contribution < 1.29 is 4.79 Å². The molecular weight excluding hydrogens is 324 g/mol. The summed E-state index contributed by atoms with van der Waals surface area (Å²) < 4.78 is 1.84. The molecule has 0 aliphatic carbocycles. The van der Waals surface area contributed by atoms with Crippen LogP contribution in [0.15, 0.2) is 30.3 Å². The fourth-order valence-corrected chi connectivity index (χ4v) is 2.38. The first-order valence-corrected chi connectivity index (χ1v) is 8.29. The Kier molecular flexibility index (Phi) is 4.95. The Bertz CT molecular complexity index is 738. The van der Waals surface area contributed by atoms with E-state index in [0.717, 1.165) is 5.69 Å². The molecule has 6 heteroatoms. The van der Waals surface area contributed by atoms with Gasteiger partial charge in [-0.15, -0.1) is 0 Å². The van der Waals surface area contributed by atoms with Gasteiger partial charge in [0.2, 0.25) is 0 Å². The molecule has 5 nitrogen and oxygen atoms in total. The second-order valence-corrected chi connectivity index (χ2v) is 8.27. The Morgan fingerprint density at radius 1 is 1.08 bits per heavy atom. The highest BCUT2D eigenvalue weighted by molar-refractivity contribution is 6.30. The van der Waals surface area contributed by atoms with E-state index in [0.29, 0.717) is 16.5 Å². The Hall–Kier alpha value is -2.01. The summed E-state index contributed by atoms with van der Waals surface area (Å²) >= 11 is 5.94. The molecule has 0 aliphatic heterocycles. The molecule has 1 aromatic carbocycles. The molecule has 130 valence electrons. The monoisotopic (exact) mass is 348 g/mol. The van der Waals surface area contributed by atoms with E-state index in [4.69, 9.17) is 11.6 Å². The second kappa shape index (κ2) is 6.48. The summed E-state index contributed by atoms with van der Waals surface area (Å²) in [6.45, 7) is 12.4. The van der Waals surface area contributed by atoms with Crippen molar-refractivity contribution in [2.24, 2.45) is 0 Å². The molecule has 2 rings (SSSR count). The number of carbonyl (C=O) groups excluding carboxylic acids is 1. The third-order valence-electron chi connectivity index (χ3n) is 3.44. The highest BCUT2D eigenvalue weighted by atomic mass is 35.5. The minimum absolute atomic E-state index is 0.101. The lowest BCUT2D eigenvalue weighted by Gasteiger charge is -2.23. The van der Waals surface area contributed by atoms with Crippen LogP contribution in [0.3, 0.4) is 0 Å². The van der Waals surface area contributed by atoms with Crippen molar-refractivity contribution in [1.29, 1.82) is 0 Å². The maximum Gasteiger partial charge on any atom is 0.324 e. The number of anilines is 2. The number of aromatic nitrogens is 2. The number of hydrogen-bond donors (Lipinski definition) is 2. The Balaban J connectivity index is 2.24. The van der Waals surface area contributed by atoms with Crippen LogP contribution >= 0.6 is 11.6 Å². The normalized spacial score (nSPS) is 12.1. The van der Waals surface area contributed by atoms with Crippen LogP contribution in [0.1, 0.15) is 47.2 Å². The summed E-state index contributed by atoms with van der Waals surface area (Å²) in [5.74, 6) is 0.659. The van der Waals surface area contributed by atoms with Gasteiger partial charge in [0.25, 0.3) is 0 Å². The second-order valence-electron chi connectivity index (χ2n) is 7.84. The molecule has 0 saturated carbocycles. The average molecular weight is 349 g/mol. The van der Waals surface area contributed by atoms with E-state index in [1.54, 1.807) is 24.3 Å². The van der Waals surface area contributed by atoms with Crippen molar-refractivity contribution in [3.05, 3.63) is 41.0 Å². The first kappa shape index (κ1) is 18.3. The van der Waals surface area contributed by atoms with Crippen molar-refractivity contribution in [3.8, 4) is 0 Å². The van der Waals surface area contributed by atoms with E-state index in [1.165, 1.54) is 0 Å². The van der Waals surface area contributed by atoms with Gasteiger partial charge in [-0.2, -0.15) is 5.10 Å². The molecule has 2 aromatic rings. The summed E-state index contributed by atoms with van der Waals surface area (Å²) in [4.78, 5) is 12.3. The molecule has 24 heavy (non-hydrogen) atoms. The molecule has 0 unspecified atom stereocenters. The van der Waals surface area contributed by atoms with Crippen LogP contribution in [0.4, 0.5) is 16.3 Å². The molecule has 0 radical (unpaired) electrons. The van der Waals surface area contributed by atoms with Crippen molar-refractivity contribution >= 4 is 29.1 Å². The number of carbonyl (C=O) groups is 1. The van der Waals surface area contributed by atoms with Crippen LogP contribution in [0.5, 0.6) is 0 Å². The molecule has 0 bridgehead atoms. The molecule has 1 aromatic heterocycles.